The van der Waals surface area contributed by atoms with Crippen molar-refractivity contribution in [2.75, 3.05) is 0 Å². The number of aryl methyl sites for hydroxylation is 1. The summed E-state index contributed by atoms with van der Waals surface area (Å²) in [7, 11) is 0. The van der Waals surface area contributed by atoms with Gasteiger partial charge in [0.2, 0.25) is 0 Å². The standard InChI is InChI=1S/C21H22O4/c1-15-9-5-8-14-19(15)25-21(23)18-13-7-6-12-17(18)20(22)24-16-10-3-2-4-11-16/h5-9,12-14,16H,2-4,10-11H2,1H3. The van der Waals surface area contributed by atoms with E-state index in [1.807, 2.05) is 19.1 Å². The Morgan fingerprint density at radius 1 is 0.840 bits per heavy atom. The van der Waals surface area contributed by atoms with Crippen molar-refractivity contribution < 1.29 is 19.1 Å². The Labute approximate surface area is 147 Å². The SMILES string of the molecule is Cc1ccccc1OC(=O)c1ccccc1C(=O)OC1CCCCC1. The molecule has 4 heteroatoms. The maximum Gasteiger partial charge on any atom is 0.344 e. The number of hydrogen-bond donors (Lipinski definition) is 0. The monoisotopic (exact) mass is 338 g/mol. The fourth-order valence-corrected chi connectivity index (χ4v) is 3.06. The van der Waals surface area contributed by atoms with Crippen molar-refractivity contribution >= 4 is 11.9 Å². The molecule has 0 N–H and O–H groups in total. The highest BCUT2D eigenvalue weighted by Gasteiger charge is 2.23. The fourth-order valence-electron chi connectivity index (χ4n) is 3.06. The number of para-hydroxylation sites is 1. The molecule has 0 aliphatic heterocycles. The average molecular weight is 338 g/mol. The number of carbonyl (C=O) groups is 2. The summed E-state index contributed by atoms with van der Waals surface area (Å²) in [6.45, 7) is 1.87. The summed E-state index contributed by atoms with van der Waals surface area (Å²) in [5.74, 6) is -0.516. The van der Waals surface area contributed by atoms with E-state index in [1.54, 1.807) is 36.4 Å². The van der Waals surface area contributed by atoms with Crippen molar-refractivity contribution in [2.24, 2.45) is 0 Å². The second kappa shape index (κ2) is 7.97. The zero-order chi connectivity index (χ0) is 17.6. The smallest absolute Gasteiger partial charge is 0.344 e. The maximum atomic E-state index is 12.6. The van der Waals surface area contributed by atoms with E-state index in [0.717, 1.165) is 31.2 Å². The van der Waals surface area contributed by atoms with Gasteiger partial charge in [-0.15, -0.1) is 0 Å². The molecule has 130 valence electrons. The van der Waals surface area contributed by atoms with Crippen molar-refractivity contribution in [3.63, 3.8) is 0 Å². The second-order valence-electron chi connectivity index (χ2n) is 6.37. The summed E-state index contributed by atoms with van der Waals surface area (Å²) in [6, 6.07) is 13.9. The number of rotatable bonds is 4. The summed E-state index contributed by atoms with van der Waals surface area (Å²) in [4.78, 5) is 25.1. The van der Waals surface area contributed by atoms with Crippen LogP contribution in [0.1, 0.15) is 58.4 Å². The van der Waals surface area contributed by atoms with Crippen LogP contribution in [0.3, 0.4) is 0 Å². The fraction of sp³-hybridized carbons (Fsp3) is 0.333. The van der Waals surface area contributed by atoms with Crippen LogP contribution >= 0.6 is 0 Å². The van der Waals surface area contributed by atoms with Crippen molar-refractivity contribution in [2.45, 2.75) is 45.1 Å². The van der Waals surface area contributed by atoms with Crippen LogP contribution in [0.4, 0.5) is 0 Å². The number of benzene rings is 2. The van der Waals surface area contributed by atoms with Gasteiger partial charge in [-0.05, 0) is 56.4 Å². The molecule has 3 rings (SSSR count). The van der Waals surface area contributed by atoms with E-state index in [9.17, 15) is 9.59 Å². The summed E-state index contributed by atoms with van der Waals surface area (Å²) >= 11 is 0. The average Bonchev–Trinajstić information content (AvgIpc) is 2.64. The molecule has 2 aromatic carbocycles. The van der Waals surface area contributed by atoms with Crippen LogP contribution in [-0.2, 0) is 4.74 Å². The lowest BCUT2D eigenvalue weighted by atomic mass is 9.97. The molecule has 0 radical (unpaired) electrons. The summed E-state index contributed by atoms with van der Waals surface area (Å²) < 4.78 is 11.1. The molecule has 0 aromatic heterocycles. The zero-order valence-electron chi connectivity index (χ0n) is 14.4. The molecule has 0 spiro atoms. The van der Waals surface area contributed by atoms with Gasteiger partial charge in [0.1, 0.15) is 11.9 Å². The third kappa shape index (κ3) is 4.27. The molecule has 25 heavy (non-hydrogen) atoms. The van der Waals surface area contributed by atoms with Crippen LogP contribution in [0, 0.1) is 6.92 Å². The van der Waals surface area contributed by atoms with E-state index < -0.39 is 11.9 Å². The lowest BCUT2D eigenvalue weighted by Crippen LogP contribution is -2.23. The van der Waals surface area contributed by atoms with Gasteiger partial charge in [-0.1, -0.05) is 36.8 Å². The van der Waals surface area contributed by atoms with Gasteiger partial charge in [-0.25, -0.2) is 9.59 Å². The largest absolute Gasteiger partial charge is 0.459 e. The van der Waals surface area contributed by atoms with E-state index in [0.29, 0.717) is 5.75 Å². The Morgan fingerprint density at radius 3 is 2.12 bits per heavy atom. The minimum absolute atomic E-state index is 0.0540. The highest BCUT2D eigenvalue weighted by molar-refractivity contribution is 6.03. The zero-order valence-corrected chi connectivity index (χ0v) is 14.4. The summed E-state index contributed by atoms with van der Waals surface area (Å²) in [5, 5.41) is 0. The first kappa shape index (κ1) is 17.2. The van der Waals surface area contributed by atoms with Gasteiger partial charge in [-0.3, -0.25) is 0 Å². The molecule has 2 aromatic rings. The van der Waals surface area contributed by atoms with Crippen LogP contribution in [0.2, 0.25) is 0 Å². The Kier molecular flexibility index (Phi) is 5.49. The first-order valence-corrected chi connectivity index (χ1v) is 8.73. The van der Waals surface area contributed by atoms with Crippen molar-refractivity contribution in [3.8, 4) is 5.75 Å². The first-order chi connectivity index (χ1) is 12.1. The molecule has 1 saturated carbocycles. The van der Waals surface area contributed by atoms with E-state index in [-0.39, 0.29) is 17.2 Å². The molecule has 0 atom stereocenters. The van der Waals surface area contributed by atoms with Gasteiger partial charge in [0.15, 0.2) is 0 Å². The second-order valence-corrected chi connectivity index (χ2v) is 6.37. The predicted octanol–water partition coefficient (Wildman–Crippen LogP) is 4.70. The molecule has 1 aliphatic rings. The van der Waals surface area contributed by atoms with Crippen LogP contribution in [0.5, 0.6) is 5.75 Å². The minimum atomic E-state index is -0.550. The van der Waals surface area contributed by atoms with Gasteiger partial charge in [0.25, 0.3) is 0 Å². The lowest BCUT2D eigenvalue weighted by molar-refractivity contribution is 0.0207. The first-order valence-electron chi connectivity index (χ1n) is 8.73. The maximum absolute atomic E-state index is 12.6. The summed E-state index contributed by atoms with van der Waals surface area (Å²) in [5.41, 5.74) is 1.34. The van der Waals surface area contributed by atoms with Crippen LogP contribution in [0.15, 0.2) is 48.5 Å². The van der Waals surface area contributed by atoms with E-state index in [2.05, 4.69) is 0 Å². The van der Waals surface area contributed by atoms with Gasteiger partial charge in [-0.2, -0.15) is 0 Å². The molecular weight excluding hydrogens is 316 g/mol. The van der Waals surface area contributed by atoms with E-state index in [1.165, 1.54) is 6.42 Å². The number of ether oxygens (including phenoxy) is 2. The molecule has 0 bridgehead atoms. The molecule has 4 nitrogen and oxygen atoms in total. The number of esters is 2. The number of carbonyl (C=O) groups excluding carboxylic acids is 2. The van der Waals surface area contributed by atoms with Crippen molar-refractivity contribution in [1.82, 2.24) is 0 Å². The lowest BCUT2D eigenvalue weighted by Gasteiger charge is -2.22. The Balaban J connectivity index is 1.76. The number of hydrogen-bond acceptors (Lipinski definition) is 4. The normalized spacial score (nSPS) is 14.8. The summed E-state index contributed by atoms with van der Waals surface area (Å²) in [6.07, 6.45) is 5.07. The predicted molar refractivity (Wildman–Crippen MR) is 94.9 cm³/mol. The van der Waals surface area contributed by atoms with E-state index in [4.69, 9.17) is 9.47 Å². The molecule has 0 saturated heterocycles. The van der Waals surface area contributed by atoms with Crippen molar-refractivity contribution in [1.29, 1.82) is 0 Å². The molecule has 1 aliphatic carbocycles. The molecule has 1 fully saturated rings. The molecule has 0 heterocycles. The van der Waals surface area contributed by atoms with Crippen molar-refractivity contribution in [3.05, 3.63) is 65.2 Å². The highest BCUT2D eigenvalue weighted by atomic mass is 16.5. The van der Waals surface area contributed by atoms with Crippen LogP contribution in [0.25, 0.3) is 0 Å². The Morgan fingerprint density at radius 2 is 1.44 bits per heavy atom. The quantitative estimate of drug-likeness (QED) is 0.599. The van der Waals surface area contributed by atoms with E-state index >= 15 is 0 Å². The Bertz CT molecular complexity index is 760. The third-order valence-corrected chi connectivity index (χ3v) is 4.49. The van der Waals surface area contributed by atoms with Gasteiger partial charge in [0, 0.05) is 0 Å². The topological polar surface area (TPSA) is 52.6 Å². The van der Waals surface area contributed by atoms with Gasteiger partial charge < -0.3 is 9.47 Å². The minimum Gasteiger partial charge on any atom is -0.459 e. The van der Waals surface area contributed by atoms with Crippen LogP contribution in [-0.4, -0.2) is 18.0 Å². The van der Waals surface area contributed by atoms with Gasteiger partial charge >= 0.3 is 11.9 Å². The van der Waals surface area contributed by atoms with Gasteiger partial charge in [0.05, 0.1) is 11.1 Å². The highest BCUT2D eigenvalue weighted by Crippen LogP contribution is 2.23. The Hall–Kier alpha value is -2.62. The molecule has 0 amide bonds. The third-order valence-electron chi connectivity index (χ3n) is 4.49. The molecule has 0 unspecified atom stereocenters. The van der Waals surface area contributed by atoms with Crippen LogP contribution < -0.4 is 4.74 Å². The molecular formula is C21H22O4.